The molecule has 4 heteroatoms. The van der Waals surface area contributed by atoms with Crippen LogP contribution in [0.4, 0.5) is 0 Å². The lowest BCUT2D eigenvalue weighted by atomic mass is 9.91. The zero-order valence-electron chi connectivity index (χ0n) is 9.36. The van der Waals surface area contributed by atoms with Gasteiger partial charge in [0.15, 0.2) is 6.19 Å². The topological polar surface area (TPSA) is 42.6 Å². The van der Waals surface area contributed by atoms with E-state index < -0.39 is 0 Å². The van der Waals surface area contributed by atoms with Crippen LogP contribution >= 0.6 is 0 Å². The molecule has 0 saturated heterocycles. The van der Waals surface area contributed by atoms with Crippen LogP contribution in [-0.2, 0) is 0 Å². The van der Waals surface area contributed by atoms with Crippen LogP contribution < -0.4 is 0 Å². The van der Waals surface area contributed by atoms with Gasteiger partial charge in [0.2, 0.25) is 0 Å². The van der Waals surface area contributed by atoms with Crippen LogP contribution in [0.3, 0.4) is 0 Å². The van der Waals surface area contributed by atoms with Crippen molar-refractivity contribution in [3.05, 3.63) is 0 Å². The molecule has 0 aliphatic carbocycles. The molecule has 1 aliphatic heterocycles. The van der Waals surface area contributed by atoms with Crippen molar-refractivity contribution in [3.8, 4) is 6.19 Å². The number of rotatable bonds is 2. The van der Waals surface area contributed by atoms with Crippen LogP contribution in [0, 0.1) is 16.9 Å². The summed E-state index contributed by atoms with van der Waals surface area (Å²) in [4.78, 5) is 1.62. The summed E-state index contributed by atoms with van der Waals surface area (Å²) >= 11 is 0. The molecule has 1 heterocycles. The van der Waals surface area contributed by atoms with Crippen LogP contribution in [0.2, 0.25) is 0 Å². The van der Waals surface area contributed by atoms with E-state index in [1.807, 2.05) is 5.01 Å². The van der Waals surface area contributed by atoms with E-state index in [4.69, 9.17) is 5.26 Å². The maximum absolute atomic E-state index is 8.94. The van der Waals surface area contributed by atoms with Gasteiger partial charge in [0.25, 0.3) is 0 Å². The normalized spacial score (nSPS) is 21.5. The summed E-state index contributed by atoms with van der Waals surface area (Å²) in [6, 6.07) is 0. The minimum Gasteiger partial charge on any atom is -0.271 e. The Labute approximate surface area is 85.8 Å². The van der Waals surface area contributed by atoms with Crippen molar-refractivity contribution in [3.63, 3.8) is 0 Å². The molecule has 0 radical (unpaired) electrons. The van der Waals surface area contributed by atoms with Crippen LogP contribution in [0.25, 0.3) is 0 Å². The second kappa shape index (κ2) is 3.87. The van der Waals surface area contributed by atoms with Gasteiger partial charge < -0.3 is 0 Å². The number of hydrogen-bond donors (Lipinski definition) is 0. The molecule has 1 aliphatic rings. The van der Waals surface area contributed by atoms with Gasteiger partial charge in [-0.05, 0) is 6.42 Å². The van der Waals surface area contributed by atoms with Crippen molar-refractivity contribution >= 4 is 6.34 Å². The molecule has 1 unspecified atom stereocenters. The van der Waals surface area contributed by atoms with E-state index in [1.54, 1.807) is 11.2 Å². The Morgan fingerprint density at radius 1 is 1.50 bits per heavy atom. The molecule has 78 valence electrons. The Hall–Kier alpha value is -1.24. The van der Waals surface area contributed by atoms with Crippen molar-refractivity contribution < 1.29 is 0 Å². The highest BCUT2D eigenvalue weighted by Crippen LogP contribution is 2.29. The van der Waals surface area contributed by atoms with E-state index in [0.717, 1.165) is 13.0 Å². The maximum Gasteiger partial charge on any atom is 0.187 e. The first kappa shape index (κ1) is 10.8. The molecule has 14 heavy (non-hydrogen) atoms. The van der Waals surface area contributed by atoms with Gasteiger partial charge in [-0.1, -0.05) is 27.7 Å². The number of hydrazone groups is 1. The largest absolute Gasteiger partial charge is 0.271 e. The molecule has 0 aromatic heterocycles. The van der Waals surface area contributed by atoms with Gasteiger partial charge in [-0.15, -0.1) is 0 Å². The van der Waals surface area contributed by atoms with Crippen LogP contribution in [0.15, 0.2) is 5.10 Å². The molecule has 0 aromatic carbocycles. The summed E-state index contributed by atoms with van der Waals surface area (Å²) < 4.78 is 0. The summed E-state index contributed by atoms with van der Waals surface area (Å²) in [5.74, 6) is 0. The van der Waals surface area contributed by atoms with Crippen LogP contribution in [-0.4, -0.2) is 29.0 Å². The highest BCUT2D eigenvalue weighted by atomic mass is 15.6. The number of nitrogens with zero attached hydrogens (tertiary/aromatic N) is 4. The molecule has 0 fully saturated rings. The van der Waals surface area contributed by atoms with Crippen molar-refractivity contribution in [1.29, 1.82) is 5.26 Å². The van der Waals surface area contributed by atoms with E-state index in [2.05, 4.69) is 39.0 Å². The van der Waals surface area contributed by atoms with Gasteiger partial charge >= 0.3 is 0 Å². The Morgan fingerprint density at radius 3 is 2.57 bits per heavy atom. The zero-order valence-corrected chi connectivity index (χ0v) is 9.36. The smallest absolute Gasteiger partial charge is 0.187 e. The van der Waals surface area contributed by atoms with Crippen molar-refractivity contribution in [1.82, 2.24) is 9.91 Å². The number of nitriles is 1. The summed E-state index contributed by atoms with van der Waals surface area (Å²) in [5, 5.41) is 15.2. The van der Waals surface area contributed by atoms with Gasteiger partial charge in [-0.3, -0.25) is 5.01 Å². The first-order chi connectivity index (χ1) is 6.50. The van der Waals surface area contributed by atoms with Crippen molar-refractivity contribution in [2.75, 3.05) is 6.54 Å². The average Bonchev–Trinajstić information content (AvgIpc) is 2.47. The fourth-order valence-electron chi connectivity index (χ4n) is 1.75. The number of hydrogen-bond acceptors (Lipinski definition) is 4. The summed E-state index contributed by atoms with van der Waals surface area (Å²) in [7, 11) is 0. The molecule has 4 nitrogen and oxygen atoms in total. The van der Waals surface area contributed by atoms with E-state index in [1.165, 1.54) is 0 Å². The Bertz CT molecular complexity index is 258. The van der Waals surface area contributed by atoms with Crippen molar-refractivity contribution in [2.24, 2.45) is 10.5 Å². The van der Waals surface area contributed by atoms with Gasteiger partial charge in [-0.25, -0.2) is 4.90 Å². The Balaban J connectivity index is 2.81. The second-order valence-corrected chi connectivity index (χ2v) is 4.64. The van der Waals surface area contributed by atoms with Gasteiger partial charge in [-0.2, -0.15) is 10.4 Å². The molecule has 0 amide bonds. The third kappa shape index (κ3) is 1.98. The third-order valence-corrected chi connectivity index (χ3v) is 2.21. The zero-order chi connectivity index (χ0) is 10.8. The minimum atomic E-state index is 0.0292. The molecule has 0 saturated carbocycles. The minimum absolute atomic E-state index is 0.0292. The predicted octanol–water partition coefficient (Wildman–Crippen LogP) is 1.81. The predicted molar refractivity (Wildman–Crippen MR) is 56.2 cm³/mol. The first-order valence-electron chi connectivity index (χ1n) is 4.99. The molecule has 0 aromatic rings. The lowest BCUT2D eigenvalue weighted by Gasteiger charge is -2.36. The molecular weight excluding hydrogens is 176 g/mol. The summed E-state index contributed by atoms with van der Waals surface area (Å²) in [5.41, 5.74) is 0.0292. The molecule has 0 spiro atoms. The van der Waals surface area contributed by atoms with E-state index in [-0.39, 0.29) is 11.6 Å². The van der Waals surface area contributed by atoms with E-state index in [9.17, 15) is 0 Å². The highest BCUT2D eigenvalue weighted by Gasteiger charge is 2.37. The van der Waals surface area contributed by atoms with E-state index in [0.29, 0.717) is 0 Å². The fourth-order valence-corrected chi connectivity index (χ4v) is 1.75. The average molecular weight is 194 g/mol. The molecular formula is C10H18N4. The molecule has 0 N–H and O–H groups in total. The summed E-state index contributed by atoms with van der Waals surface area (Å²) in [6.45, 7) is 9.39. The van der Waals surface area contributed by atoms with Crippen LogP contribution in [0.1, 0.15) is 34.1 Å². The first-order valence-corrected chi connectivity index (χ1v) is 4.99. The summed E-state index contributed by atoms with van der Waals surface area (Å²) in [6.07, 6.45) is 4.88. The lowest BCUT2D eigenvalue weighted by molar-refractivity contribution is 0.0604. The standard InChI is InChI=1S/C10H18N4/c1-5-6-14-9(10(2,3)4)13(7-11)8-12-14/h8-9H,5-6H2,1-4H3. The van der Waals surface area contributed by atoms with Gasteiger partial charge in [0.05, 0.1) is 0 Å². The van der Waals surface area contributed by atoms with Crippen molar-refractivity contribution in [2.45, 2.75) is 40.3 Å². The van der Waals surface area contributed by atoms with Gasteiger partial charge in [0.1, 0.15) is 12.5 Å². The maximum atomic E-state index is 8.94. The Morgan fingerprint density at radius 2 is 2.14 bits per heavy atom. The van der Waals surface area contributed by atoms with Crippen LogP contribution in [0.5, 0.6) is 0 Å². The fraction of sp³-hybridized carbons (Fsp3) is 0.800. The van der Waals surface area contributed by atoms with E-state index >= 15 is 0 Å². The van der Waals surface area contributed by atoms with Gasteiger partial charge in [0, 0.05) is 12.0 Å². The lowest BCUT2D eigenvalue weighted by Crippen LogP contribution is -2.46. The molecule has 1 rings (SSSR count). The molecule has 1 atom stereocenters. The molecule has 0 bridgehead atoms. The highest BCUT2D eigenvalue weighted by molar-refractivity contribution is 5.59. The Kier molecular flexibility index (Phi) is 3.00. The third-order valence-electron chi connectivity index (χ3n) is 2.21. The SMILES string of the molecule is CCCN1N=CN(C#N)C1C(C)(C)C. The second-order valence-electron chi connectivity index (χ2n) is 4.64. The monoisotopic (exact) mass is 194 g/mol. The quantitative estimate of drug-likeness (QED) is 0.630.